The number of hydrogen-bond acceptors (Lipinski definition) is 5. The number of carbonyl (C=O) groups excluding carboxylic acids is 1. The minimum atomic E-state index is -0.311. The Morgan fingerprint density at radius 2 is 2.36 bits per heavy atom. The topological polar surface area (TPSA) is 83.3 Å². The van der Waals surface area contributed by atoms with Gasteiger partial charge in [-0.3, -0.25) is 14.7 Å². The summed E-state index contributed by atoms with van der Waals surface area (Å²) in [6, 6.07) is 3.71. The first-order valence-electron chi connectivity index (χ1n) is 7.24. The first-order valence-corrected chi connectivity index (χ1v) is 7.24. The molecule has 3 heterocycles. The van der Waals surface area contributed by atoms with E-state index in [4.69, 9.17) is 0 Å². The van der Waals surface area contributed by atoms with Crippen molar-refractivity contribution in [2.24, 2.45) is 0 Å². The van der Waals surface area contributed by atoms with E-state index in [2.05, 4.69) is 20.2 Å². The quantitative estimate of drug-likeness (QED) is 0.834. The van der Waals surface area contributed by atoms with E-state index in [-0.39, 0.29) is 18.1 Å². The van der Waals surface area contributed by atoms with E-state index in [0.717, 1.165) is 5.69 Å². The molecule has 22 heavy (non-hydrogen) atoms. The summed E-state index contributed by atoms with van der Waals surface area (Å²) in [6.45, 7) is 1.15. The summed E-state index contributed by atoms with van der Waals surface area (Å²) in [5.41, 5.74) is 1.21. The maximum atomic E-state index is 12.2. The van der Waals surface area contributed by atoms with Crippen molar-refractivity contribution in [2.75, 3.05) is 20.1 Å². The lowest BCUT2D eigenvalue weighted by molar-refractivity contribution is 0.0938. The Hall–Kier alpha value is -2.25. The van der Waals surface area contributed by atoms with Crippen molar-refractivity contribution in [1.82, 2.24) is 24.8 Å². The summed E-state index contributed by atoms with van der Waals surface area (Å²) in [4.78, 5) is 22.4. The molecule has 116 valence electrons. The molecule has 1 aliphatic rings. The van der Waals surface area contributed by atoms with Gasteiger partial charge in [0.1, 0.15) is 5.69 Å². The number of hydrogen-bond donors (Lipinski definition) is 2. The van der Waals surface area contributed by atoms with Crippen LogP contribution in [0.15, 0.2) is 37.1 Å². The maximum absolute atomic E-state index is 12.2. The Labute approximate surface area is 128 Å². The zero-order valence-corrected chi connectivity index (χ0v) is 12.4. The van der Waals surface area contributed by atoms with Crippen LogP contribution in [0.25, 0.3) is 5.69 Å². The Morgan fingerprint density at radius 1 is 1.50 bits per heavy atom. The Bertz CT molecular complexity index is 643. The summed E-state index contributed by atoms with van der Waals surface area (Å²) in [7, 11) is 1.95. The number of aromatic nitrogens is 3. The molecule has 3 rings (SSSR count). The molecule has 1 amide bonds. The van der Waals surface area contributed by atoms with Gasteiger partial charge in [0.2, 0.25) is 0 Å². The Kier molecular flexibility index (Phi) is 4.17. The molecule has 2 aromatic rings. The van der Waals surface area contributed by atoms with Crippen LogP contribution < -0.4 is 5.32 Å². The number of rotatable bonds is 4. The van der Waals surface area contributed by atoms with Gasteiger partial charge < -0.3 is 15.0 Å². The molecule has 0 radical (unpaired) electrons. The molecule has 1 aliphatic heterocycles. The van der Waals surface area contributed by atoms with Gasteiger partial charge in [-0.2, -0.15) is 0 Å². The molecule has 0 spiro atoms. The third-order valence-corrected chi connectivity index (χ3v) is 3.94. The number of nitrogens with one attached hydrogen (secondary N) is 1. The monoisotopic (exact) mass is 301 g/mol. The van der Waals surface area contributed by atoms with Crippen molar-refractivity contribution >= 4 is 5.91 Å². The zero-order chi connectivity index (χ0) is 15.5. The SMILES string of the molecule is CN1C[C@H](O)C[C@H]1CNC(=O)c1cc(-n2ccnc2)ccn1. The molecule has 2 N–H and O–H groups in total. The standard InChI is InChI=1S/C15H19N5O2/c1-19-9-13(21)6-12(19)8-18-15(22)14-7-11(2-3-17-14)20-5-4-16-10-20/h2-5,7,10,12-13,21H,6,8-9H2,1H3,(H,18,22)/t12-,13+/m0/s1. The highest BCUT2D eigenvalue weighted by Gasteiger charge is 2.28. The predicted octanol–water partition coefficient (Wildman–Crippen LogP) is 0.0621. The summed E-state index contributed by atoms with van der Waals surface area (Å²) in [5, 5.41) is 12.5. The lowest BCUT2D eigenvalue weighted by atomic mass is 10.2. The van der Waals surface area contributed by atoms with Crippen LogP contribution in [0.5, 0.6) is 0 Å². The van der Waals surface area contributed by atoms with Crippen LogP contribution in [-0.4, -0.2) is 62.7 Å². The van der Waals surface area contributed by atoms with Crippen molar-refractivity contribution in [3.05, 3.63) is 42.7 Å². The van der Waals surface area contributed by atoms with E-state index in [1.165, 1.54) is 0 Å². The number of aliphatic hydroxyl groups excluding tert-OH is 1. The minimum Gasteiger partial charge on any atom is -0.392 e. The second-order valence-corrected chi connectivity index (χ2v) is 5.56. The molecular formula is C15H19N5O2. The van der Waals surface area contributed by atoms with E-state index < -0.39 is 0 Å². The normalized spacial score (nSPS) is 21.9. The van der Waals surface area contributed by atoms with Crippen LogP contribution in [0.1, 0.15) is 16.9 Å². The van der Waals surface area contributed by atoms with Crippen LogP contribution in [0.3, 0.4) is 0 Å². The van der Waals surface area contributed by atoms with Gasteiger partial charge in [0.25, 0.3) is 5.91 Å². The predicted molar refractivity (Wildman–Crippen MR) is 80.7 cm³/mol. The highest BCUT2D eigenvalue weighted by Crippen LogP contribution is 2.15. The minimum absolute atomic E-state index is 0.163. The third-order valence-electron chi connectivity index (χ3n) is 3.94. The van der Waals surface area contributed by atoms with E-state index >= 15 is 0 Å². The van der Waals surface area contributed by atoms with Gasteiger partial charge in [0.05, 0.1) is 18.1 Å². The summed E-state index contributed by atoms with van der Waals surface area (Å²) in [6.07, 6.45) is 7.14. The number of amides is 1. The van der Waals surface area contributed by atoms with Gasteiger partial charge >= 0.3 is 0 Å². The van der Waals surface area contributed by atoms with E-state index in [1.807, 2.05) is 23.9 Å². The molecule has 7 nitrogen and oxygen atoms in total. The first kappa shape index (κ1) is 14.7. The first-order chi connectivity index (χ1) is 10.6. The van der Waals surface area contributed by atoms with Crippen molar-refractivity contribution in [3.8, 4) is 5.69 Å². The molecule has 7 heteroatoms. The molecular weight excluding hydrogens is 282 g/mol. The smallest absolute Gasteiger partial charge is 0.270 e. The van der Waals surface area contributed by atoms with Crippen molar-refractivity contribution in [3.63, 3.8) is 0 Å². The highest BCUT2D eigenvalue weighted by atomic mass is 16.3. The van der Waals surface area contributed by atoms with Gasteiger partial charge in [0, 0.05) is 37.7 Å². The summed E-state index contributed by atoms with van der Waals surface area (Å²) in [5.74, 6) is -0.211. The number of likely N-dealkylation sites (N-methyl/N-ethyl adjacent to an activating group) is 1. The highest BCUT2D eigenvalue weighted by molar-refractivity contribution is 5.92. The van der Waals surface area contributed by atoms with Crippen molar-refractivity contribution in [2.45, 2.75) is 18.6 Å². The largest absolute Gasteiger partial charge is 0.392 e. The van der Waals surface area contributed by atoms with Gasteiger partial charge in [-0.15, -0.1) is 0 Å². The number of carbonyl (C=O) groups is 1. The van der Waals surface area contributed by atoms with Crippen LogP contribution in [-0.2, 0) is 0 Å². The van der Waals surface area contributed by atoms with E-state index in [9.17, 15) is 9.90 Å². The molecule has 0 unspecified atom stereocenters. The average molecular weight is 301 g/mol. The lowest BCUT2D eigenvalue weighted by Gasteiger charge is -2.19. The van der Waals surface area contributed by atoms with Crippen molar-refractivity contribution < 1.29 is 9.90 Å². The molecule has 1 fully saturated rings. The molecule has 0 aliphatic carbocycles. The third kappa shape index (κ3) is 3.15. The second kappa shape index (κ2) is 6.25. The lowest BCUT2D eigenvalue weighted by Crippen LogP contribution is -2.38. The molecule has 2 atom stereocenters. The van der Waals surface area contributed by atoms with Gasteiger partial charge in [0.15, 0.2) is 0 Å². The van der Waals surface area contributed by atoms with Gasteiger partial charge in [-0.1, -0.05) is 0 Å². The Balaban J connectivity index is 1.64. The number of likely N-dealkylation sites (tertiary alicyclic amines) is 1. The van der Waals surface area contributed by atoms with Crippen LogP contribution >= 0.6 is 0 Å². The zero-order valence-electron chi connectivity index (χ0n) is 12.4. The maximum Gasteiger partial charge on any atom is 0.270 e. The summed E-state index contributed by atoms with van der Waals surface area (Å²) < 4.78 is 1.82. The second-order valence-electron chi connectivity index (χ2n) is 5.56. The van der Waals surface area contributed by atoms with Crippen LogP contribution in [0.4, 0.5) is 0 Å². The summed E-state index contributed by atoms with van der Waals surface area (Å²) >= 11 is 0. The molecule has 0 saturated carbocycles. The number of aliphatic hydroxyl groups is 1. The van der Waals surface area contributed by atoms with Crippen molar-refractivity contribution in [1.29, 1.82) is 0 Å². The van der Waals surface area contributed by atoms with Gasteiger partial charge in [-0.05, 0) is 25.6 Å². The van der Waals surface area contributed by atoms with E-state index in [0.29, 0.717) is 25.2 Å². The fraction of sp³-hybridized carbons (Fsp3) is 0.400. The van der Waals surface area contributed by atoms with Gasteiger partial charge in [-0.25, -0.2) is 4.98 Å². The average Bonchev–Trinajstić information content (AvgIpc) is 3.15. The van der Waals surface area contributed by atoms with Crippen LogP contribution in [0, 0.1) is 0 Å². The number of imidazole rings is 1. The molecule has 0 aromatic carbocycles. The number of nitrogens with zero attached hydrogens (tertiary/aromatic N) is 4. The number of β-amino-alcohol motifs (C(OH)–C–C–N with tert-alkyl or cyclic N) is 1. The van der Waals surface area contributed by atoms with E-state index in [1.54, 1.807) is 24.8 Å². The fourth-order valence-electron chi connectivity index (χ4n) is 2.71. The molecule has 2 aromatic heterocycles. The Morgan fingerprint density at radius 3 is 3.05 bits per heavy atom. The van der Waals surface area contributed by atoms with Crippen LogP contribution in [0.2, 0.25) is 0 Å². The fourth-order valence-corrected chi connectivity index (χ4v) is 2.71. The number of pyridine rings is 1. The molecule has 0 bridgehead atoms. The molecule has 1 saturated heterocycles.